The van der Waals surface area contributed by atoms with Crippen LogP contribution in [0.3, 0.4) is 0 Å². The lowest BCUT2D eigenvalue weighted by molar-refractivity contribution is 0.486. The number of aryl methyl sites for hydroxylation is 2. The third-order valence-electron chi connectivity index (χ3n) is 2.88. The third-order valence-corrected chi connectivity index (χ3v) is 4.15. The van der Waals surface area contributed by atoms with E-state index in [-0.39, 0.29) is 0 Å². The lowest BCUT2D eigenvalue weighted by Crippen LogP contribution is -2.21. The second-order valence-electron chi connectivity index (χ2n) is 4.55. The van der Waals surface area contributed by atoms with Crippen molar-refractivity contribution in [2.45, 2.75) is 59.4 Å². The van der Waals surface area contributed by atoms with Gasteiger partial charge >= 0.3 is 0 Å². The molecular formula is C14H25NS. The average molecular weight is 239 g/mol. The van der Waals surface area contributed by atoms with Gasteiger partial charge in [0.2, 0.25) is 0 Å². The van der Waals surface area contributed by atoms with Crippen molar-refractivity contribution in [1.82, 2.24) is 5.32 Å². The van der Waals surface area contributed by atoms with Gasteiger partial charge in [-0.15, -0.1) is 11.3 Å². The zero-order chi connectivity index (χ0) is 12.0. The molecule has 0 aliphatic rings. The molecular weight excluding hydrogens is 214 g/mol. The Bertz CT molecular complexity index is 296. The summed E-state index contributed by atoms with van der Waals surface area (Å²) in [5, 5.41) is 3.69. The smallest absolute Gasteiger partial charge is 0.0417 e. The van der Waals surface area contributed by atoms with E-state index in [1.807, 2.05) is 11.3 Å². The second-order valence-corrected chi connectivity index (χ2v) is 5.84. The van der Waals surface area contributed by atoms with Crippen LogP contribution in [0.4, 0.5) is 0 Å². The summed E-state index contributed by atoms with van der Waals surface area (Å²) < 4.78 is 0. The van der Waals surface area contributed by atoms with Gasteiger partial charge in [0.25, 0.3) is 0 Å². The molecule has 0 saturated heterocycles. The molecule has 0 aliphatic heterocycles. The van der Waals surface area contributed by atoms with Crippen molar-refractivity contribution >= 4 is 11.3 Å². The molecule has 0 aliphatic carbocycles. The highest BCUT2D eigenvalue weighted by atomic mass is 32.1. The Balaban J connectivity index is 2.70. The normalized spacial score (nSPS) is 13.0. The van der Waals surface area contributed by atoms with E-state index in [1.54, 1.807) is 4.88 Å². The van der Waals surface area contributed by atoms with Crippen molar-refractivity contribution in [3.63, 3.8) is 0 Å². The van der Waals surface area contributed by atoms with Gasteiger partial charge in [0.05, 0.1) is 0 Å². The fraction of sp³-hybridized carbons (Fsp3) is 0.714. The number of thiophene rings is 1. The summed E-state index contributed by atoms with van der Waals surface area (Å²) in [7, 11) is 0. The summed E-state index contributed by atoms with van der Waals surface area (Å²) in [6, 6.07) is 2.89. The van der Waals surface area contributed by atoms with E-state index >= 15 is 0 Å². The lowest BCUT2D eigenvalue weighted by atomic mass is 10.1. The van der Waals surface area contributed by atoms with Gasteiger partial charge in [-0.1, -0.05) is 26.7 Å². The van der Waals surface area contributed by atoms with Crippen molar-refractivity contribution in [2.24, 2.45) is 0 Å². The molecule has 1 rings (SSSR count). The number of hydrogen-bond acceptors (Lipinski definition) is 2. The lowest BCUT2D eigenvalue weighted by Gasteiger charge is -2.18. The molecule has 2 heteroatoms. The first-order valence-electron chi connectivity index (χ1n) is 6.49. The molecule has 0 fully saturated rings. The maximum absolute atomic E-state index is 3.69. The van der Waals surface area contributed by atoms with Gasteiger partial charge < -0.3 is 5.32 Å². The SMILES string of the molecule is CCCCC(NCCC)c1sc(C)cc1C. The minimum atomic E-state index is 0.582. The van der Waals surface area contributed by atoms with Crippen LogP contribution >= 0.6 is 11.3 Å². The van der Waals surface area contributed by atoms with E-state index < -0.39 is 0 Å². The van der Waals surface area contributed by atoms with Gasteiger partial charge in [0, 0.05) is 15.8 Å². The van der Waals surface area contributed by atoms with Crippen molar-refractivity contribution < 1.29 is 0 Å². The minimum absolute atomic E-state index is 0.582. The maximum Gasteiger partial charge on any atom is 0.0417 e. The van der Waals surface area contributed by atoms with Crippen LogP contribution in [0.1, 0.15) is 60.9 Å². The molecule has 16 heavy (non-hydrogen) atoms. The highest BCUT2D eigenvalue weighted by Gasteiger charge is 2.14. The Hall–Kier alpha value is -0.340. The Labute approximate surface area is 104 Å². The molecule has 1 heterocycles. The monoisotopic (exact) mass is 239 g/mol. The average Bonchev–Trinajstić information content (AvgIpc) is 2.58. The van der Waals surface area contributed by atoms with Crippen LogP contribution in [0.2, 0.25) is 0 Å². The first-order chi connectivity index (χ1) is 7.69. The van der Waals surface area contributed by atoms with Crippen molar-refractivity contribution in [3.8, 4) is 0 Å². The van der Waals surface area contributed by atoms with Gasteiger partial charge in [-0.05, 0) is 44.9 Å². The summed E-state index contributed by atoms with van der Waals surface area (Å²) in [4.78, 5) is 2.99. The van der Waals surface area contributed by atoms with Gasteiger partial charge in [0.1, 0.15) is 0 Å². The summed E-state index contributed by atoms with van der Waals surface area (Å²) in [6.45, 7) is 10.1. The number of hydrogen-bond donors (Lipinski definition) is 1. The number of unbranched alkanes of at least 4 members (excludes halogenated alkanes) is 1. The predicted molar refractivity (Wildman–Crippen MR) is 74.4 cm³/mol. The molecule has 1 aromatic heterocycles. The molecule has 1 unspecified atom stereocenters. The summed E-state index contributed by atoms with van der Waals surface area (Å²) >= 11 is 1.96. The zero-order valence-electron chi connectivity index (χ0n) is 11.1. The van der Waals surface area contributed by atoms with Gasteiger partial charge in [-0.2, -0.15) is 0 Å². The topological polar surface area (TPSA) is 12.0 Å². The van der Waals surface area contributed by atoms with Crippen molar-refractivity contribution in [2.75, 3.05) is 6.54 Å². The number of nitrogens with one attached hydrogen (secondary N) is 1. The zero-order valence-corrected chi connectivity index (χ0v) is 11.9. The van der Waals surface area contributed by atoms with E-state index in [0.29, 0.717) is 6.04 Å². The van der Waals surface area contributed by atoms with Crippen LogP contribution in [0.5, 0.6) is 0 Å². The standard InChI is InChI=1S/C14H25NS/c1-5-7-8-13(15-9-6-2)14-11(3)10-12(4)16-14/h10,13,15H,5-9H2,1-4H3. The molecule has 92 valence electrons. The molecule has 0 bridgehead atoms. The van der Waals surface area contributed by atoms with Crippen LogP contribution in [-0.2, 0) is 0 Å². The molecule has 1 atom stereocenters. The molecule has 0 aromatic carbocycles. The molecule has 0 amide bonds. The molecule has 1 aromatic rings. The largest absolute Gasteiger partial charge is 0.309 e. The molecule has 0 saturated carbocycles. The fourth-order valence-electron chi connectivity index (χ4n) is 2.06. The van der Waals surface area contributed by atoms with Crippen LogP contribution in [0, 0.1) is 13.8 Å². The predicted octanol–water partition coefficient (Wildman–Crippen LogP) is 4.60. The summed E-state index contributed by atoms with van der Waals surface area (Å²) in [5.41, 5.74) is 1.47. The Kier molecular flexibility index (Phi) is 6.07. The van der Waals surface area contributed by atoms with Crippen LogP contribution < -0.4 is 5.32 Å². The van der Waals surface area contributed by atoms with Crippen LogP contribution in [0.15, 0.2) is 6.07 Å². The van der Waals surface area contributed by atoms with Gasteiger partial charge in [0.15, 0.2) is 0 Å². The summed E-state index contributed by atoms with van der Waals surface area (Å²) in [5.74, 6) is 0. The Morgan fingerprint density at radius 3 is 2.50 bits per heavy atom. The fourth-order valence-corrected chi connectivity index (χ4v) is 3.20. The maximum atomic E-state index is 3.69. The highest BCUT2D eigenvalue weighted by Crippen LogP contribution is 2.30. The first-order valence-corrected chi connectivity index (χ1v) is 7.31. The van der Waals surface area contributed by atoms with E-state index in [0.717, 1.165) is 6.54 Å². The third kappa shape index (κ3) is 3.91. The summed E-state index contributed by atoms with van der Waals surface area (Å²) in [6.07, 6.45) is 5.09. The van der Waals surface area contributed by atoms with E-state index in [9.17, 15) is 0 Å². The minimum Gasteiger partial charge on any atom is -0.309 e. The van der Waals surface area contributed by atoms with E-state index in [1.165, 1.54) is 36.1 Å². The van der Waals surface area contributed by atoms with E-state index in [4.69, 9.17) is 0 Å². The second kappa shape index (κ2) is 7.08. The molecule has 1 nitrogen and oxygen atoms in total. The first kappa shape index (κ1) is 13.7. The van der Waals surface area contributed by atoms with Gasteiger partial charge in [-0.3, -0.25) is 0 Å². The Morgan fingerprint density at radius 2 is 2.00 bits per heavy atom. The van der Waals surface area contributed by atoms with Crippen LogP contribution in [-0.4, -0.2) is 6.54 Å². The van der Waals surface area contributed by atoms with Crippen molar-refractivity contribution in [1.29, 1.82) is 0 Å². The number of rotatable bonds is 7. The molecule has 0 radical (unpaired) electrons. The Morgan fingerprint density at radius 1 is 1.25 bits per heavy atom. The quantitative estimate of drug-likeness (QED) is 0.733. The van der Waals surface area contributed by atoms with Gasteiger partial charge in [-0.25, -0.2) is 0 Å². The van der Waals surface area contributed by atoms with Crippen LogP contribution in [0.25, 0.3) is 0 Å². The highest BCUT2D eigenvalue weighted by molar-refractivity contribution is 7.12. The molecule has 1 N–H and O–H groups in total. The van der Waals surface area contributed by atoms with Crippen molar-refractivity contribution in [3.05, 3.63) is 21.4 Å². The van der Waals surface area contributed by atoms with E-state index in [2.05, 4.69) is 39.1 Å². The molecule has 0 spiro atoms.